The molecule has 10 heteroatoms. The number of hydrogen-bond acceptors (Lipinski definition) is 5. The van der Waals surface area contributed by atoms with Crippen molar-refractivity contribution < 1.29 is 18.0 Å². The summed E-state index contributed by atoms with van der Waals surface area (Å²) in [6.07, 6.45) is -1.43. The van der Waals surface area contributed by atoms with Gasteiger partial charge in [-0.15, -0.1) is 10.2 Å². The van der Waals surface area contributed by atoms with E-state index in [1.54, 1.807) is 0 Å². The van der Waals surface area contributed by atoms with Gasteiger partial charge in [0.15, 0.2) is 0 Å². The highest BCUT2D eigenvalue weighted by molar-refractivity contribution is 7.15. The van der Waals surface area contributed by atoms with Crippen molar-refractivity contribution in [1.82, 2.24) is 20.4 Å². The SMILES string of the molecule is CN(C)C1(c2ccccc2)CCC2(CC1)CN(c1nnc(C(F)(F)F)s1)C(=O)N2. The molecule has 0 bridgehead atoms. The highest BCUT2D eigenvalue weighted by Gasteiger charge is 2.51. The van der Waals surface area contributed by atoms with Gasteiger partial charge in [-0.2, -0.15) is 13.2 Å². The third-order valence-electron chi connectivity index (χ3n) is 6.17. The number of aromatic nitrogens is 2. The van der Waals surface area contributed by atoms with Crippen LogP contribution in [-0.2, 0) is 11.7 Å². The number of carbonyl (C=O) groups excluding carboxylic acids is 1. The molecule has 1 aromatic carbocycles. The largest absolute Gasteiger partial charge is 0.445 e. The molecule has 2 heterocycles. The molecule has 156 valence electrons. The van der Waals surface area contributed by atoms with E-state index < -0.39 is 22.8 Å². The highest BCUT2D eigenvalue weighted by Crippen LogP contribution is 2.46. The Kier molecular flexibility index (Phi) is 4.81. The molecule has 1 aromatic heterocycles. The van der Waals surface area contributed by atoms with Crippen LogP contribution in [0.2, 0.25) is 0 Å². The molecule has 2 fully saturated rings. The van der Waals surface area contributed by atoms with Crippen LogP contribution in [0.15, 0.2) is 30.3 Å². The van der Waals surface area contributed by atoms with Crippen LogP contribution in [0.5, 0.6) is 0 Å². The minimum Gasteiger partial charge on any atom is -0.330 e. The van der Waals surface area contributed by atoms with E-state index >= 15 is 0 Å². The van der Waals surface area contributed by atoms with Crippen LogP contribution in [0.4, 0.5) is 23.1 Å². The first-order valence-electron chi connectivity index (χ1n) is 9.39. The maximum atomic E-state index is 12.8. The van der Waals surface area contributed by atoms with Crippen molar-refractivity contribution in [2.75, 3.05) is 25.5 Å². The van der Waals surface area contributed by atoms with Crippen LogP contribution in [0.1, 0.15) is 36.3 Å². The van der Waals surface area contributed by atoms with E-state index in [0.717, 1.165) is 25.7 Å². The summed E-state index contributed by atoms with van der Waals surface area (Å²) >= 11 is 0.399. The smallest absolute Gasteiger partial charge is 0.330 e. The van der Waals surface area contributed by atoms with Gasteiger partial charge in [-0.25, -0.2) is 4.79 Å². The van der Waals surface area contributed by atoms with Crippen LogP contribution in [0.3, 0.4) is 0 Å². The molecule has 0 atom stereocenters. The minimum absolute atomic E-state index is 0.0146. The van der Waals surface area contributed by atoms with Crippen molar-refractivity contribution in [3.63, 3.8) is 0 Å². The Morgan fingerprint density at radius 1 is 1.10 bits per heavy atom. The van der Waals surface area contributed by atoms with Gasteiger partial charge in [0.05, 0.1) is 12.1 Å². The number of nitrogens with zero attached hydrogens (tertiary/aromatic N) is 4. The van der Waals surface area contributed by atoms with Gasteiger partial charge >= 0.3 is 12.2 Å². The molecule has 1 N–H and O–H groups in total. The maximum Gasteiger partial charge on any atom is 0.445 e. The fourth-order valence-electron chi connectivity index (χ4n) is 4.47. The zero-order chi connectivity index (χ0) is 20.9. The summed E-state index contributed by atoms with van der Waals surface area (Å²) in [7, 11) is 4.12. The van der Waals surface area contributed by atoms with Crippen molar-refractivity contribution in [2.24, 2.45) is 0 Å². The predicted molar refractivity (Wildman–Crippen MR) is 104 cm³/mol. The first-order chi connectivity index (χ1) is 13.7. The molecule has 4 rings (SSSR count). The highest BCUT2D eigenvalue weighted by atomic mass is 32.1. The van der Waals surface area contributed by atoms with Crippen LogP contribution in [0.25, 0.3) is 0 Å². The summed E-state index contributed by atoms with van der Waals surface area (Å²) in [5.74, 6) is 0. The number of urea groups is 1. The average molecular weight is 425 g/mol. The van der Waals surface area contributed by atoms with Crippen molar-refractivity contribution in [3.8, 4) is 0 Å². The minimum atomic E-state index is -4.56. The Labute approximate surface area is 170 Å². The van der Waals surface area contributed by atoms with E-state index in [1.807, 2.05) is 18.2 Å². The van der Waals surface area contributed by atoms with Crippen molar-refractivity contribution >= 4 is 22.5 Å². The number of alkyl halides is 3. The molecule has 1 saturated carbocycles. The normalized spacial score (nSPS) is 27.7. The summed E-state index contributed by atoms with van der Waals surface area (Å²) in [4.78, 5) is 16.1. The Morgan fingerprint density at radius 2 is 1.76 bits per heavy atom. The second-order valence-electron chi connectivity index (χ2n) is 7.98. The third kappa shape index (κ3) is 3.48. The number of amides is 2. The molecule has 1 aliphatic carbocycles. The molecule has 1 saturated heterocycles. The molecule has 6 nitrogen and oxygen atoms in total. The summed E-state index contributed by atoms with van der Waals surface area (Å²) in [5.41, 5.74) is 0.645. The molecule has 2 aliphatic rings. The number of hydrogen-bond donors (Lipinski definition) is 1. The van der Waals surface area contributed by atoms with E-state index in [9.17, 15) is 18.0 Å². The molecular formula is C19H22F3N5OS. The van der Waals surface area contributed by atoms with Crippen molar-refractivity contribution in [2.45, 2.75) is 42.9 Å². The number of benzene rings is 1. The Morgan fingerprint density at radius 3 is 2.31 bits per heavy atom. The van der Waals surface area contributed by atoms with Crippen LogP contribution in [0, 0.1) is 0 Å². The van der Waals surface area contributed by atoms with Crippen LogP contribution >= 0.6 is 11.3 Å². The number of halogens is 3. The lowest BCUT2D eigenvalue weighted by Gasteiger charge is -2.48. The molecular weight excluding hydrogens is 403 g/mol. The molecule has 2 amide bonds. The van der Waals surface area contributed by atoms with E-state index in [4.69, 9.17) is 0 Å². The Bertz CT molecular complexity index is 891. The van der Waals surface area contributed by atoms with Crippen molar-refractivity contribution in [1.29, 1.82) is 0 Å². The van der Waals surface area contributed by atoms with Crippen molar-refractivity contribution in [3.05, 3.63) is 40.9 Å². The first-order valence-corrected chi connectivity index (χ1v) is 10.2. The zero-order valence-corrected chi connectivity index (χ0v) is 17.0. The third-order valence-corrected chi connectivity index (χ3v) is 7.16. The van der Waals surface area contributed by atoms with Gasteiger partial charge in [0.25, 0.3) is 0 Å². The van der Waals surface area contributed by atoms with Gasteiger partial charge in [0, 0.05) is 5.54 Å². The van der Waals surface area contributed by atoms with E-state index in [-0.39, 0.29) is 10.7 Å². The lowest BCUT2D eigenvalue weighted by atomic mass is 9.69. The topological polar surface area (TPSA) is 61.4 Å². The Balaban J connectivity index is 1.53. The average Bonchev–Trinajstić information content (AvgIpc) is 3.28. The van der Waals surface area contributed by atoms with Crippen LogP contribution < -0.4 is 10.2 Å². The fourth-order valence-corrected chi connectivity index (χ4v) is 5.18. The van der Waals surface area contributed by atoms with Gasteiger partial charge in [0.1, 0.15) is 0 Å². The molecule has 29 heavy (non-hydrogen) atoms. The molecule has 0 unspecified atom stereocenters. The zero-order valence-electron chi connectivity index (χ0n) is 16.2. The summed E-state index contributed by atoms with van der Waals surface area (Å²) in [6.45, 7) is 0.302. The number of carbonyl (C=O) groups is 1. The van der Waals surface area contributed by atoms with Gasteiger partial charge in [-0.1, -0.05) is 41.7 Å². The molecule has 0 radical (unpaired) electrons. The number of nitrogens with one attached hydrogen (secondary N) is 1. The summed E-state index contributed by atoms with van der Waals surface area (Å²) in [5, 5.41) is 8.77. The Hall–Kier alpha value is -2.20. The van der Waals surface area contributed by atoms with Gasteiger partial charge in [0.2, 0.25) is 10.1 Å². The van der Waals surface area contributed by atoms with Gasteiger partial charge < -0.3 is 5.32 Å². The lowest BCUT2D eigenvalue weighted by Crippen LogP contribution is -2.54. The predicted octanol–water partition coefficient (Wildman–Crippen LogP) is 3.86. The van der Waals surface area contributed by atoms with Gasteiger partial charge in [-0.3, -0.25) is 9.80 Å². The molecule has 2 aromatic rings. The second-order valence-corrected chi connectivity index (χ2v) is 8.93. The second kappa shape index (κ2) is 6.94. The maximum absolute atomic E-state index is 12.8. The molecule has 1 spiro atoms. The summed E-state index contributed by atoms with van der Waals surface area (Å²) in [6, 6.07) is 9.88. The monoisotopic (exact) mass is 425 g/mol. The lowest BCUT2D eigenvalue weighted by molar-refractivity contribution is -0.138. The number of anilines is 1. The van der Waals surface area contributed by atoms with E-state index in [2.05, 4.69) is 46.6 Å². The van der Waals surface area contributed by atoms with E-state index in [1.165, 1.54) is 10.5 Å². The standard InChI is InChI=1S/C19H22F3N5OS/c1-26(2)18(13-6-4-3-5-7-13)10-8-17(9-11-18)12-27(15(28)23-17)16-25-24-14(29-16)19(20,21)22/h3-7H,8-12H2,1-2H3,(H,23,28). The fraction of sp³-hybridized carbons (Fsp3) is 0.526. The van der Waals surface area contributed by atoms with E-state index in [0.29, 0.717) is 17.9 Å². The first kappa shape index (κ1) is 20.1. The van der Waals surface area contributed by atoms with Crippen LogP contribution in [-0.4, -0.2) is 47.3 Å². The quantitative estimate of drug-likeness (QED) is 0.811. The summed E-state index contributed by atoms with van der Waals surface area (Å²) < 4.78 is 38.5. The molecule has 1 aliphatic heterocycles. The number of rotatable bonds is 3. The van der Waals surface area contributed by atoms with Gasteiger partial charge in [-0.05, 0) is 45.3 Å².